The van der Waals surface area contributed by atoms with Crippen LogP contribution in [0.25, 0.3) is 0 Å². The largest absolute Gasteiger partial charge is 0.310 e. The van der Waals surface area contributed by atoms with E-state index in [9.17, 15) is 8.42 Å². The van der Waals surface area contributed by atoms with E-state index in [0.717, 1.165) is 12.8 Å². The van der Waals surface area contributed by atoms with Crippen molar-refractivity contribution in [1.29, 1.82) is 0 Å². The van der Waals surface area contributed by atoms with Gasteiger partial charge < -0.3 is 5.32 Å². The van der Waals surface area contributed by atoms with Crippen molar-refractivity contribution in [2.45, 2.75) is 38.8 Å². The first-order valence-corrected chi connectivity index (χ1v) is 8.44. The van der Waals surface area contributed by atoms with Crippen LogP contribution in [0.2, 0.25) is 0 Å². The minimum atomic E-state index is -2.91. The fourth-order valence-corrected chi connectivity index (χ4v) is 3.13. The third-order valence-corrected chi connectivity index (χ3v) is 4.00. The quantitative estimate of drug-likeness (QED) is 0.824. The molecule has 0 spiro atoms. The van der Waals surface area contributed by atoms with E-state index in [1.807, 2.05) is 25.1 Å². The van der Waals surface area contributed by atoms with E-state index in [4.69, 9.17) is 0 Å². The van der Waals surface area contributed by atoms with E-state index in [1.54, 1.807) is 0 Å². The van der Waals surface area contributed by atoms with E-state index in [2.05, 4.69) is 24.4 Å². The lowest BCUT2D eigenvalue weighted by Crippen LogP contribution is -2.41. The van der Waals surface area contributed by atoms with E-state index < -0.39 is 9.84 Å². The maximum absolute atomic E-state index is 11.2. The van der Waals surface area contributed by atoms with Crippen molar-refractivity contribution in [1.82, 2.24) is 5.32 Å². The van der Waals surface area contributed by atoms with Crippen LogP contribution < -0.4 is 5.32 Å². The average molecular weight is 269 g/mol. The molecular weight excluding hydrogens is 246 g/mol. The second-order valence-electron chi connectivity index (χ2n) is 4.96. The second-order valence-corrected chi connectivity index (χ2v) is 7.14. The molecule has 0 radical (unpaired) electrons. The van der Waals surface area contributed by atoms with E-state index in [-0.39, 0.29) is 11.8 Å². The summed E-state index contributed by atoms with van der Waals surface area (Å²) >= 11 is 0. The summed E-state index contributed by atoms with van der Waals surface area (Å²) < 4.78 is 22.5. The summed E-state index contributed by atoms with van der Waals surface area (Å²) in [4.78, 5) is 0. The Morgan fingerprint density at radius 3 is 2.33 bits per heavy atom. The number of hydrogen-bond acceptors (Lipinski definition) is 3. The Bertz CT molecular complexity index is 442. The van der Waals surface area contributed by atoms with Crippen LogP contribution in [0, 0.1) is 0 Å². The minimum absolute atomic E-state index is 0.00587. The summed E-state index contributed by atoms with van der Waals surface area (Å²) in [5, 5.41) is 3.39. The van der Waals surface area contributed by atoms with Gasteiger partial charge in [0.25, 0.3) is 0 Å². The van der Waals surface area contributed by atoms with Gasteiger partial charge in [-0.1, -0.05) is 37.3 Å². The van der Waals surface area contributed by atoms with Gasteiger partial charge in [0, 0.05) is 18.3 Å². The van der Waals surface area contributed by atoms with Crippen molar-refractivity contribution in [2.75, 3.05) is 12.0 Å². The lowest BCUT2D eigenvalue weighted by molar-refractivity contribution is 0.448. The SMILES string of the molecule is CCC(Cc1ccccc1)NC(C)CS(C)(=O)=O. The molecule has 102 valence electrons. The Hall–Kier alpha value is -0.870. The maximum atomic E-state index is 11.2. The highest BCUT2D eigenvalue weighted by Gasteiger charge is 2.14. The molecule has 4 heteroatoms. The monoisotopic (exact) mass is 269 g/mol. The van der Waals surface area contributed by atoms with Crippen molar-refractivity contribution >= 4 is 9.84 Å². The predicted octanol–water partition coefficient (Wildman–Crippen LogP) is 2.03. The molecule has 0 fully saturated rings. The molecule has 0 amide bonds. The fourth-order valence-electron chi connectivity index (χ4n) is 2.12. The molecule has 0 aliphatic heterocycles. The lowest BCUT2D eigenvalue weighted by atomic mass is 10.0. The molecule has 0 saturated carbocycles. The predicted molar refractivity (Wildman–Crippen MR) is 76.5 cm³/mol. The second kappa shape index (κ2) is 6.90. The molecule has 1 N–H and O–H groups in total. The molecular formula is C14H23NO2S. The van der Waals surface area contributed by atoms with Crippen LogP contribution in [0.1, 0.15) is 25.8 Å². The van der Waals surface area contributed by atoms with Crippen LogP contribution in [0.3, 0.4) is 0 Å². The summed E-state index contributed by atoms with van der Waals surface area (Å²) in [6.07, 6.45) is 3.21. The van der Waals surface area contributed by atoms with Crippen LogP contribution in [-0.2, 0) is 16.3 Å². The summed E-state index contributed by atoms with van der Waals surface area (Å²) in [5.41, 5.74) is 1.28. The molecule has 0 aromatic heterocycles. The third-order valence-electron chi connectivity index (χ3n) is 2.89. The van der Waals surface area contributed by atoms with Gasteiger partial charge in [0.2, 0.25) is 0 Å². The summed E-state index contributed by atoms with van der Waals surface area (Å²) in [7, 11) is -2.91. The molecule has 0 saturated heterocycles. The van der Waals surface area contributed by atoms with E-state index >= 15 is 0 Å². The highest BCUT2D eigenvalue weighted by molar-refractivity contribution is 7.90. The number of nitrogens with one attached hydrogen (secondary N) is 1. The van der Waals surface area contributed by atoms with Gasteiger partial charge in [-0.15, -0.1) is 0 Å². The smallest absolute Gasteiger partial charge is 0.148 e. The first-order chi connectivity index (χ1) is 8.40. The molecule has 3 nitrogen and oxygen atoms in total. The molecule has 1 aromatic rings. The summed E-state index contributed by atoms with van der Waals surface area (Å²) in [5.74, 6) is 0.193. The summed E-state index contributed by atoms with van der Waals surface area (Å²) in [6.45, 7) is 4.04. The van der Waals surface area contributed by atoms with Crippen molar-refractivity contribution in [3.05, 3.63) is 35.9 Å². The molecule has 2 unspecified atom stereocenters. The van der Waals surface area contributed by atoms with Gasteiger partial charge in [-0.3, -0.25) is 0 Å². The molecule has 0 bridgehead atoms. The lowest BCUT2D eigenvalue weighted by Gasteiger charge is -2.22. The van der Waals surface area contributed by atoms with Gasteiger partial charge in [-0.05, 0) is 25.3 Å². The topological polar surface area (TPSA) is 46.2 Å². The van der Waals surface area contributed by atoms with Crippen LogP contribution in [0.15, 0.2) is 30.3 Å². The zero-order chi connectivity index (χ0) is 13.6. The molecule has 1 aromatic carbocycles. The first kappa shape index (κ1) is 15.2. The van der Waals surface area contributed by atoms with E-state index in [0.29, 0.717) is 6.04 Å². The van der Waals surface area contributed by atoms with Crippen LogP contribution in [-0.4, -0.2) is 32.5 Å². The van der Waals surface area contributed by atoms with Crippen LogP contribution in [0.4, 0.5) is 0 Å². The molecule has 18 heavy (non-hydrogen) atoms. The number of rotatable bonds is 7. The Morgan fingerprint density at radius 1 is 1.22 bits per heavy atom. The standard InChI is InChI=1S/C14H23NO2S/c1-4-14(10-13-8-6-5-7-9-13)15-12(2)11-18(3,16)17/h5-9,12,14-15H,4,10-11H2,1-3H3. The zero-order valence-corrected chi connectivity index (χ0v) is 12.2. The van der Waals surface area contributed by atoms with Crippen molar-refractivity contribution in [3.8, 4) is 0 Å². The summed E-state index contributed by atoms with van der Waals surface area (Å²) in [6, 6.07) is 10.6. The Labute approximate surface area is 111 Å². The molecule has 0 heterocycles. The molecule has 0 aliphatic rings. The highest BCUT2D eigenvalue weighted by Crippen LogP contribution is 2.06. The first-order valence-electron chi connectivity index (χ1n) is 6.38. The average Bonchev–Trinajstić information content (AvgIpc) is 2.27. The van der Waals surface area contributed by atoms with Crippen LogP contribution >= 0.6 is 0 Å². The van der Waals surface area contributed by atoms with Crippen molar-refractivity contribution in [2.24, 2.45) is 0 Å². The Morgan fingerprint density at radius 2 is 1.83 bits per heavy atom. The molecule has 1 rings (SSSR count). The number of benzene rings is 1. The van der Waals surface area contributed by atoms with Gasteiger partial charge in [0.1, 0.15) is 9.84 Å². The Balaban J connectivity index is 2.52. The number of hydrogen-bond donors (Lipinski definition) is 1. The fraction of sp³-hybridized carbons (Fsp3) is 0.571. The van der Waals surface area contributed by atoms with Gasteiger partial charge in [-0.2, -0.15) is 0 Å². The third kappa shape index (κ3) is 6.17. The van der Waals surface area contributed by atoms with Gasteiger partial charge in [-0.25, -0.2) is 8.42 Å². The van der Waals surface area contributed by atoms with Crippen molar-refractivity contribution in [3.63, 3.8) is 0 Å². The Kier molecular flexibility index (Phi) is 5.82. The maximum Gasteiger partial charge on any atom is 0.148 e. The van der Waals surface area contributed by atoms with Gasteiger partial charge >= 0.3 is 0 Å². The van der Waals surface area contributed by atoms with E-state index in [1.165, 1.54) is 11.8 Å². The van der Waals surface area contributed by atoms with Gasteiger partial charge in [0.05, 0.1) is 5.75 Å². The number of sulfone groups is 1. The molecule has 2 atom stereocenters. The van der Waals surface area contributed by atoms with Crippen LogP contribution in [0.5, 0.6) is 0 Å². The van der Waals surface area contributed by atoms with Gasteiger partial charge in [0.15, 0.2) is 0 Å². The van der Waals surface area contributed by atoms with Crippen molar-refractivity contribution < 1.29 is 8.42 Å². The highest BCUT2D eigenvalue weighted by atomic mass is 32.2. The normalized spacial score (nSPS) is 15.3. The zero-order valence-electron chi connectivity index (χ0n) is 11.4. The minimum Gasteiger partial charge on any atom is -0.310 e. The molecule has 0 aliphatic carbocycles.